The molecule has 23 heavy (non-hydrogen) atoms. The fraction of sp³-hybridized carbons (Fsp3) is 0.0625. The summed E-state index contributed by atoms with van der Waals surface area (Å²) in [7, 11) is 1.59. The van der Waals surface area contributed by atoms with Gasteiger partial charge in [-0.2, -0.15) is 9.36 Å². The van der Waals surface area contributed by atoms with Crippen molar-refractivity contribution < 1.29 is 13.9 Å². The van der Waals surface area contributed by atoms with E-state index < -0.39 is 5.82 Å². The van der Waals surface area contributed by atoms with Gasteiger partial charge in [0.15, 0.2) is 5.82 Å². The van der Waals surface area contributed by atoms with Crippen LogP contribution in [0.25, 0.3) is 11.4 Å². The molecule has 5 nitrogen and oxygen atoms in total. The van der Waals surface area contributed by atoms with Gasteiger partial charge >= 0.3 is 0 Å². The molecule has 116 valence electrons. The normalized spacial score (nSPS) is 10.3. The molecule has 1 heterocycles. The maximum absolute atomic E-state index is 12.9. The summed E-state index contributed by atoms with van der Waals surface area (Å²) in [4.78, 5) is 16.3. The maximum Gasteiger partial charge on any atom is 0.257 e. The van der Waals surface area contributed by atoms with Crippen molar-refractivity contribution in [1.29, 1.82) is 0 Å². The van der Waals surface area contributed by atoms with E-state index in [-0.39, 0.29) is 5.91 Å². The molecule has 3 aromatic rings. The van der Waals surface area contributed by atoms with Crippen LogP contribution in [0.15, 0.2) is 48.5 Å². The Bertz CT molecular complexity index is 833. The number of benzene rings is 2. The Hall–Kier alpha value is -2.80. The number of carbonyl (C=O) groups is 1. The van der Waals surface area contributed by atoms with E-state index in [1.165, 1.54) is 24.3 Å². The molecule has 2 aromatic carbocycles. The van der Waals surface area contributed by atoms with Crippen LogP contribution < -0.4 is 10.1 Å². The van der Waals surface area contributed by atoms with Gasteiger partial charge in [-0.1, -0.05) is 12.1 Å². The van der Waals surface area contributed by atoms with E-state index in [1.54, 1.807) is 7.11 Å². The quantitative estimate of drug-likeness (QED) is 0.794. The van der Waals surface area contributed by atoms with E-state index in [1.807, 2.05) is 24.3 Å². The summed E-state index contributed by atoms with van der Waals surface area (Å²) in [5, 5.41) is 3.02. The number of aromatic nitrogens is 2. The molecule has 1 amide bonds. The average molecular weight is 329 g/mol. The van der Waals surface area contributed by atoms with Gasteiger partial charge in [-0.3, -0.25) is 10.1 Å². The summed E-state index contributed by atoms with van der Waals surface area (Å²) in [5.41, 5.74) is 1.15. The second-order valence-corrected chi connectivity index (χ2v) is 5.37. The third-order valence-electron chi connectivity index (χ3n) is 3.08. The van der Waals surface area contributed by atoms with Crippen LogP contribution in [0, 0.1) is 5.82 Å². The molecule has 0 radical (unpaired) electrons. The number of methoxy groups -OCH3 is 1. The number of halogens is 1. The van der Waals surface area contributed by atoms with Gasteiger partial charge < -0.3 is 4.74 Å². The summed E-state index contributed by atoms with van der Waals surface area (Å²) in [6.07, 6.45) is 0. The van der Waals surface area contributed by atoms with Crippen LogP contribution in [-0.4, -0.2) is 22.4 Å². The lowest BCUT2D eigenvalue weighted by atomic mass is 10.2. The van der Waals surface area contributed by atoms with Crippen molar-refractivity contribution in [3.05, 3.63) is 59.9 Å². The second kappa shape index (κ2) is 6.53. The van der Waals surface area contributed by atoms with Gasteiger partial charge in [0, 0.05) is 22.7 Å². The minimum absolute atomic E-state index is 0.351. The van der Waals surface area contributed by atoms with Crippen LogP contribution in [0.1, 0.15) is 10.4 Å². The highest BCUT2D eigenvalue weighted by molar-refractivity contribution is 7.10. The third-order valence-corrected chi connectivity index (χ3v) is 3.71. The first-order valence-corrected chi connectivity index (χ1v) is 7.48. The molecule has 0 saturated heterocycles. The largest absolute Gasteiger partial charge is 0.497 e. The van der Waals surface area contributed by atoms with Crippen molar-refractivity contribution in [3.63, 3.8) is 0 Å². The van der Waals surface area contributed by atoms with Crippen LogP contribution >= 0.6 is 11.5 Å². The molecular formula is C16H12FN3O2S. The fourth-order valence-electron chi connectivity index (χ4n) is 1.92. The van der Waals surface area contributed by atoms with Gasteiger partial charge in [-0.15, -0.1) is 0 Å². The minimum atomic E-state index is -0.391. The summed E-state index contributed by atoms with van der Waals surface area (Å²) >= 11 is 1.08. The lowest BCUT2D eigenvalue weighted by Gasteiger charge is -2.01. The molecule has 1 N–H and O–H groups in total. The number of ether oxygens (including phenoxy) is 1. The molecule has 0 aliphatic heterocycles. The molecule has 0 saturated carbocycles. The topological polar surface area (TPSA) is 64.1 Å². The van der Waals surface area contributed by atoms with Gasteiger partial charge in [-0.25, -0.2) is 4.39 Å². The zero-order valence-corrected chi connectivity index (χ0v) is 12.9. The van der Waals surface area contributed by atoms with Crippen molar-refractivity contribution >= 4 is 22.6 Å². The van der Waals surface area contributed by atoms with Gasteiger partial charge in [-0.05, 0) is 36.4 Å². The van der Waals surface area contributed by atoms with Crippen LogP contribution in [0.3, 0.4) is 0 Å². The summed E-state index contributed by atoms with van der Waals surface area (Å²) in [5.74, 6) is 0.452. The summed E-state index contributed by atoms with van der Waals surface area (Å²) < 4.78 is 22.3. The summed E-state index contributed by atoms with van der Waals surface area (Å²) in [6, 6.07) is 12.6. The third kappa shape index (κ3) is 3.51. The van der Waals surface area contributed by atoms with Crippen LogP contribution in [-0.2, 0) is 0 Å². The standard InChI is InChI=1S/C16H12FN3O2S/c1-22-13-4-2-3-11(9-13)14-18-16(23-20-14)19-15(21)10-5-7-12(17)8-6-10/h2-9H,1H3,(H,18,19,20,21). The van der Waals surface area contributed by atoms with Crippen molar-refractivity contribution in [1.82, 2.24) is 9.36 Å². The maximum atomic E-state index is 12.9. The van der Waals surface area contributed by atoms with Crippen molar-refractivity contribution in [2.24, 2.45) is 0 Å². The number of hydrogen-bond acceptors (Lipinski definition) is 5. The SMILES string of the molecule is COc1cccc(-c2nsc(NC(=O)c3ccc(F)cc3)n2)c1. The molecule has 0 fully saturated rings. The molecule has 0 atom stereocenters. The number of nitrogens with one attached hydrogen (secondary N) is 1. The molecule has 3 rings (SSSR count). The number of nitrogens with zero attached hydrogens (tertiary/aromatic N) is 2. The Labute approximate surface area is 135 Å². The zero-order chi connectivity index (χ0) is 16.2. The van der Waals surface area contributed by atoms with Gasteiger partial charge in [0.2, 0.25) is 5.13 Å². The number of rotatable bonds is 4. The number of amides is 1. The molecule has 0 spiro atoms. The Kier molecular flexibility index (Phi) is 4.29. The Balaban J connectivity index is 1.76. The monoisotopic (exact) mass is 329 g/mol. The Morgan fingerprint density at radius 2 is 2.00 bits per heavy atom. The predicted octanol–water partition coefficient (Wildman–Crippen LogP) is 3.61. The number of hydrogen-bond donors (Lipinski definition) is 1. The molecular weight excluding hydrogens is 317 g/mol. The fourth-order valence-corrected chi connectivity index (χ4v) is 2.51. The molecule has 0 unspecified atom stereocenters. The lowest BCUT2D eigenvalue weighted by molar-refractivity contribution is 0.102. The Morgan fingerprint density at radius 3 is 2.74 bits per heavy atom. The van der Waals surface area contributed by atoms with Gasteiger partial charge in [0.25, 0.3) is 5.91 Å². The highest BCUT2D eigenvalue weighted by Crippen LogP contribution is 2.24. The van der Waals surface area contributed by atoms with E-state index in [4.69, 9.17) is 4.74 Å². The van der Waals surface area contributed by atoms with E-state index in [0.29, 0.717) is 22.3 Å². The highest BCUT2D eigenvalue weighted by atomic mass is 32.1. The van der Waals surface area contributed by atoms with E-state index >= 15 is 0 Å². The van der Waals surface area contributed by atoms with Crippen LogP contribution in [0.2, 0.25) is 0 Å². The smallest absolute Gasteiger partial charge is 0.257 e. The number of carbonyl (C=O) groups excluding carboxylic acids is 1. The van der Waals surface area contributed by atoms with Crippen LogP contribution in [0.4, 0.5) is 9.52 Å². The first-order chi connectivity index (χ1) is 11.2. The van der Waals surface area contributed by atoms with Gasteiger partial charge in [0.1, 0.15) is 11.6 Å². The first-order valence-electron chi connectivity index (χ1n) is 6.71. The first kappa shape index (κ1) is 15.1. The Morgan fingerprint density at radius 1 is 1.22 bits per heavy atom. The second-order valence-electron chi connectivity index (χ2n) is 4.62. The molecule has 0 aliphatic rings. The van der Waals surface area contributed by atoms with E-state index in [9.17, 15) is 9.18 Å². The lowest BCUT2D eigenvalue weighted by Crippen LogP contribution is -2.11. The molecule has 0 bridgehead atoms. The average Bonchev–Trinajstić information content (AvgIpc) is 3.04. The zero-order valence-electron chi connectivity index (χ0n) is 12.1. The molecule has 7 heteroatoms. The van der Waals surface area contributed by atoms with Crippen LogP contribution in [0.5, 0.6) is 5.75 Å². The summed E-state index contributed by atoms with van der Waals surface area (Å²) in [6.45, 7) is 0. The van der Waals surface area contributed by atoms with Crippen molar-refractivity contribution in [3.8, 4) is 17.1 Å². The van der Waals surface area contributed by atoms with Gasteiger partial charge in [0.05, 0.1) is 7.11 Å². The van der Waals surface area contributed by atoms with Crippen molar-refractivity contribution in [2.45, 2.75) is 0 Å². The van der Waals surface area contributed by atoms with E-state index in [0.717, 1.165) is 17.1 Å². The predicted molar refractivity (Wildman–Crippen MR) is 86.3 cm³/mol. The van der Waals surface area contributed by atoms with E-state index in [2.05, 4.69) is 14.7 Å². The molecule has 1 aromatic heterocycles. The minimum Gasteiger partial charge on any atom is -0.497 e. The highest BCUT2D eigenvalue weighted by Gasteiger charge is 2.11. The number of anilines is 1. The molecule has 0 aliphatic carbocycles. The van der Waals surface area contributed by atoms with Crippen molar-refractivity contribution in [2.75, 3.05) is 12.4 Å².